The van der Waals surface area contributed by atoms with Gasteiger partial charge in [-0.25, -0.2) is 9.78 Å². The van der Waals surface area contributed by atoms with Gasteiger partial charge in [-0.05, 0) is 69.2 Å². The van der Waals surface area contributed by atoms with Crippen molar-refractivity contribution in [2.24, 2.45) is 0 Å². The molecule has 2 amide bonds. The van der Waals surface area contributed by atoms with Gasteiger partial charge in [0.05, 0.1) is 24.2 Å². The molecule has 36 heavy (non-hydrogen) atoms. The molecule has 1 aromatic heterocycles. The summed E-state index contributed by atoms with van der Waals surface area (Å²) in [5, 5.41) is 7.50. The lowest BCUT2D eigenvalue weighted by Gasteiger charge is -2.38. The Bertz CT molecular complexity index is 1240. The second kappa shape index (κ2) is 10.2. The molecule has 0 saturated carbocycles. The number of methoxy groups -OCH3 is 1. The Kier molecular flexibility index (Phi) is 6.87. The van der Waals surface area contributed by atoms with Crippen molar-refractivity contribution < 1.29 is 14.3 Å². The van der Waals surface area contributed by atoms with Gasteiger partial charge in [-0.15, -0.1) is 0 Å². The molecule has 0 aliphatic carbocycles. The van der Waals surface area contributed by atoms with Crippen molar-refractivity contribution in [3.8, 4) is 11.5 Å². The van der Waals surface area contributed by atoms with Crippen molar-refractivity contribution in [3.63, 3.8) is 0 Å². The van der Waals surface area contributed by atoms with E-state index in [9.17, 15) is 4.79 Å². The molecule has 3 heterocycles. The zero-order chi connectivity index (χ0) is 25.2. The maximum Gasteiger partial charge on any atom is 0.321 e. The van der Waals surface area contributed by atoms with Crippen LogP contribution in [0.15, 0.2) is 48.5 Å². The van der Waals surface area contributed by atoms with E-state index in [0.717, 1.165) is 65.4 Å². The molecule has 8 heteroatoms. The molecule has 0 spiro atoms. The highest BCUT2D eigenvalue weighted by molar-refractivity contribution is 5.93. The molecule has 3 aromatic rings. The molecule has 2 N–H and O–H groups in total. The van der Waals surface area contributed by atoms with Gasteiger partial charge in [0.25, 0.3) is 0 Å². The summed E-state index contributed by atoms with van der Waals surface area (Å²) >= 11 is 0. The van der Waals surface area contributed by atoms with Crippen LogP contribution in [-0.2, 0) is 0 Å². The summed E-state index contributed by atoms with van der Waals surface area (Å²) in [4.78, 5) is 22.0. The number of carbonyl (C=O) groups is 1. The maximum atomic E-state index is 12.9. The van der Waals surface area contributed by atoms with Crippen LogP contribution in [0.5, 0.6) is 11.5 Å². The highest BCUT2D eigenvalue weighted by Gasteiger charge is 2.28. The number of carbonyl (C=O) groups excluding carboxylic acids is 1. The number of ether oxygens (including phenoxy) is 2. The number of piperidine rings is 1. The Hall–Kier alpha value is -3.52. The number of nitrogens with zero attached hydrogens (tertiary/aromatic N) is 3. The lowest BCUT2D eigenvalue weighted by atomic mass is 10.0. The number of rotatable bonds is 6. The zero-order valence-corrected chi connectivity index (χ0v) is 21.5. The number of benzene rings is 2. The molecule has 190 valence electrons. The predicted octanol–water partition coefficient (Wildman–Crippen LogP) is 5.13. The third-order valence-electron chi connectivity index (χ3n) is 7.36. The fourth-order valence-electron chi connectivity index (χ4n) is 5.17. The number of pyridine rings is 1. The number of likely N-dealkylation sites (tertiary alicyclic amines) is 1. The average Bonchev–Trinajstić information content (AvgIpc) is 3.31. The van der Waals surface area contributed by atoms with Crippen LogP contribution in [0.3, 0.4) is 0 Å². The molecule has 1 unspecified atom stereocenters. The summed E-state index contributed by atoms with van der Waals surface area (Å²) in [5.74, 6) is 2.40. The van der Waals surface area contributed by atoms with E-state index in [0.29, 0.717) is 12.6 Å². The first-order valence-corrected chi connectivity index (χ1v) is 12.7. The zero-order valence-electron chi connectivity index (χ0n) is 21.5. The molecule has 8 nitrogen and oxygen atoms in total. The van der Waals surface area contributed by atoms with E-state index in [2.05, 4.69) is 29.4 Å². The summed E-state index contributed by atoms with van der Waals surface area (Å²) < 4.78 is 11.4. The van der Waals surface area contributed by atoms with E-state index in [1.807, 2.05) is 60.5 Å². The van der Waals surface area contributed by atoms with Crippen LogP contribution in [0.1, 0.15) is 38.3 Å². The highest BCUT2D eigenvalue weighted by Crippen LogP contribution is 2.40. The van der Waals surface area contributed by atoms with E-state index in [4.69, 9.17) is 14.5 Å². The largest absolute Gasteiger partial charge is 0.496 e. The van der Waals surface area contributed by atoms with Gasteiger partial charge in [-0.1, -0.05) is 6.07 Å². The lowest BCUT2D eigenvalue weighted by Crippen LogP contribution is -2.48. The van der Waals surface area contributed by atoms with Gasteiger partial charge in [0, 0.05) is 43.3 Å². The van der Waals surface area contributed by atoms with E-state index in [1.165, 1.54) is 0 Å². The topological polar surface area (TPSA) is 79.0 Å². The first-order chi connectivity index (χ1) is 17.4. The summed E-state index contributed by atoms with van der Waals surface area (Å²) in [6.45, 7) is 7.03. The number of fused-ring (bicyclic) bond motifs is 2. The van der Waals surface area contributed by atoms with Gasteiger partial charge in [-0.3, -0.25) is 0 Å². The monoisotopic (exact) mass is 489 g/mol. The molecule has 0 radical (unpaired) electrons. The fourth-order valence-corrected chi connectivity index (χ4v) is 5.17. The van der Waals surface area contributed by atoms with Crippen LogP contribution in [0.25, 0.3) is 10.9 Å². The maximum absolute atomic E-state index is 12.9. The first kappa shape index (κ1) is 24.2. The number of amides is 2. The molecule has 0 bridgehead atoms. The van der Waals surface area contributed by atoms with Crippen molar-refractivity contribution in [1.82, 2.24) is 14.8 Å². The number of hydrogen-bond donors (Lipinski definition) is 2. The highest BCUT2D eigenvalue weighted by atomic mass is 16.5. The Labute approximate surface area is 212 Å². The van der Waals surface area contributed by atoms with Gasteiger partial charge in [0.15, 0.2) is 0 Å². The number of nitrogens with one attached hydrogen (secondary N) is 2. The Morgan fingerprint density at radius 3 is 2.72 bits per heavy atom. The number of aromatic nitrogens is 1. The smallest absolute Gasteiger partial charge is 0.321 e. The second-order valence-electron chi connectivity index (χ2n) is 9.89. The predicted molar refractivity (Wildman–Crippen MR) is 143 cm³/mol. The van der Waals surface area contributed by atoms with Gasteiger partial charge < -0.3 is 29.9 Å². The molecular formula is C28H35N5O3. The Balaban J connectivity index is 1.24. The molecule has 2 aliphatic heterocycles. The van der Waals surface area contributed by atoms with Crippen LogP contribution in [-0.4, -0.2) is 66.8 Å². The second-order valence-corrected chi connectivity index (χ2v) is 9.89. The van der Waals surface area contributed by atoms with Crippen molar-refractivity contribution in [1.29, 1.82) is 0 Å². The summed E-state index contributed by atoms with van der Waals surface area (Å²) in [6.07, 6.45) is 2.00. The molecule has 5 rings (SSSR count). The van der Waals surface area contributed by atoms with Crippen LogP contribution in [0.4, 0.5) is 16.3 Å². The minimum absolute atomic E-state index is 0.0393. The molecule has 2 aliphatic rings. The average molecular weight is 490 g/mol. The lowest BCUT2D eigenvalue weighted by molar-refractivity contribution is 0.121. The van der Waals surface area contributed by atoms with Gasteiger partial charge in [-0.2, -0.15) is 0 Å². The number of hydrogen-bond acceptors (Lipinski definition) is 6. The van der Waals surface area contributed by atoms with E-state index >= 15 is 0 Å². The van der Waals surface area contributed by atoms with Crippen LogP contribution < -0.4 is 20.1 Å². The quantitative estimate of drug-likeness (QED) is 0.500. The third-order valence-corrected chi connectivity index (χ3v) is 7.36. The Morgan fingerprint density at radius 2 is 1.97 bits per heavy atom. The Morgan fingerprint density at radius 1 is 1.17 bits per heavy atom. The molecule has 1 atom stereocenters. The number of urea groups is 1. The SMILES string of the molecule is COc1cccc2c1C(Nc1ccc3cc(NC(=O)N(C)C4CCN(C(C)C)CC4)ccc3n1)CO2. The van der Waals surface area contributed by atoms with Gasteiger partial charge in [0.2, 0.25) is 0 Å². The first-order valence-electron chi connectivity index (χ1n) is 12.7. The minimum Gasteiger partial charge on any atom is -0.496 e. The summed E-state index contributed by atoms with van der Waals surface area (Å²) in [6, 6.07) is 16.3. The summed E-state index contributed by atoms with van der Waals surface area (Å²) in [5.41, 5.74) is 2.63. The van der Waals surface area contributed by atoms with Crippen molar-refractivity contribution in [3.05, 3.63) is 54.1 Å². The van der Waals surface area contributed by atoms with Crippen molar-refractivity contribution >= 4 is 28.4 Å². The van der Waals surface area contributed by atoms with Crippen LogP contribution in [0, 0.1) is 0 Å². The van der Waals surface area contributed by atoms with Gasteiger partial charge >= 0.3 is 6.03 Å². The minimum atomic E-state index is -0.0718. The van der Waals surface area contributed by atoms with Gasteiger partial charge in [0.1, 0.15) is 23.9 Å². The van der Waals surface area contributed by atoms with E-state index in [1.54, 1.807) is 7.11 Å². The number of anilines is 2. The summed E-state index contributed by atoms with van der Waals surface area (Å²) in [7, 11) is 3.56. The molecule has 1 saturated heterocycles. The molecule has 1 fully saturated rings. The van der Waals surface area contributed by atoms with E-state index < -0.39 is 0 Å². The third kappa shape index (κ3) is 4.91. The molecular weight excluding hydrogens is 454 g/mol. The van der Waals surface area contributed by atoms with Crippen molar-refractivity contribution in [2.45, 2.75) is 44.8 Å². The van der Waals surface area contributed by atoms with Crippen molar-refractivity contribution in [2.75, 3.05) is 44.5 Å². The van der Waals surface area contributed by atoms with Crippen LogP contribution >= 0.6 is 0 Å². The molecule has 2 aromatic carbocycles. The van der Waals surface area contributed by atoms with E-state index in [-0.39, 0.29) is 18.1 Å². The fraction of sp³-hybridized carbons (Fsp3) is 0.429. The normalized spacial score (nSPS) is 18.1. The standard InChI is InChI=1S/C28H35N5O3/c1-18(2)33-14-12-21(13-15-33)32(3)28(34)29-20-9-10-22-19(16-20)8-11-26(30-22)31-23-17-36-25-7-5-6-24(35-4)27(23)25/h5-11,16,18,21,23H,12-15,17H2,1-4H3,(H,29,34)(H,30,31). The van der Waals surface area contributed by atoms with Crippen LogP contribution in [0.2, 0.25) is 0 Å².